The highest BCUT2D eigenvalue weighted by Crippen LogP contribution is 2.34. The Morgan fingerprint density at radius 2 is 1.23 bits per heavy atom. The van der Waals surface area contributed by atoms with E-state index in [0.717, 1.165) is 25.7 Å². The second kappa shape index (κ2) is 16.8. The lowest BCUT2D eigenvalue weighted by molar-refractivity contribution is -0.190. The summed E-state index contributed by atoms with van der Waals surface area (Å²) in [7, 11) is 0. The van der Waals surface area contributed by atoms with Crippen LogP contribution < -0.4 is 0 Å². The molecule has 0 unspecified atom stereocenters. The van der Waals surface area contributed by atoms with Gasteiger partial charge in [-0.3, -0.25) is 0 Å². The van der Waals surface area contributed by atoms with Crippen molar-refractivity contribution in [2.24, 2.45) is 0 Å². The second-order valence-electron chi connectivity index (χ2n) is 11.4. The Labute approximate surface area is 254 Å². The number of aryl methyl sites for hydroxylation is 1. The van der Waals surface area contributed by atoms with Crippen LogP contribution in [-0.2, 0) is 15.9 Å². The first-order valence-corrected chi connectivity index (χ1v) is 15.9. The van der Waals surface area contributed by atoms with Crippen LogP contribution in [0.3, 0.4) is 0 Å². The molecule has 0 aliphatic carbocycles. The molecule has 0 radical (unpaired) electrons. The number of benzene rings is 3. The SMILES string of the molecule is CCC=CCCc1ccc(-c2ccc(-c3ccc(C4COC(CCCCCCCCC)OC4)c(F)c3F)cc2)c(F)c1F. The summed E-state index contributed by atoms with van der Waals surface area (Å²) in [6, 6.07) is 12.7. The van der Waals surface area contributed by atoms with Gasteiger partial charge in [0.1, 0.15) is 0 Å². The molecule has 1 aliphatic rings. The van der Waals surface area contributed by atoms with Crippen LogP contribution in [0.2, 0.25) is 0 Å². The molecule has 0 bridgehead atoms. The minimum absolute atomic E-state index is 0.101. The van der Waals surface area contributed by atoms with Gasteiger partial charge in [0.05, 0.1) is 13.2 Å². The summed E-state index contributed by atoms with van der Waals surface area (Å²) in [5, 5.41) is 0. The molecule has 4 rings (SSSR count). The minimum atomic E-state index is -0.950. The molecule has 1 saturated heterocycles. The molecule has 1 heterocycles. The topological polar surface area (TPSA) is 18.5 Å². The van der Waals surface area contributed by atoms with Crippen molar-refractivity contribution in [3.05, 3.63) is 95.1 Å². The summed E-state index contributed by atoms with van der Waals surface area (Å²) in [4.78, 5) is 0. The molecule has 0 spiro atoms. The molecule has 232 valence electrons. The summed E-state index contributed by atoms with van der Waals surface area (Å²) in [5.74, 6) is -4.02. The molecule has 1 fully saturated rings. The standard InChI is InChI=1S/C37H44F4O2/c1-3-5-7-9-10-11-13-15-33-42-24-29(25-43-33)32-23-22-31(36(40)37(32)41)27-18-16-26(17-19-27)30-21-20-28(34(38)35(30)39)14-12-8-6-4-2/h6,8,16-23,29,33H,3-5,7,9-15,24-25H2,1-2H3. The van der Waals surface area contributed by atoms with Gasteiger partial charge in [0.25, 0.3) is 0 Å². The highest BCUT2D eigenvalue weighted by molar-refractivity contribution is 5.71. The van der Waals surface area contributed by atoms with E-state index in [1.54, 1.807) is 48.5 Å². The maximum absolute atomic E-state index is 15.3. The van der Waals surface area contributed by atoms with Gasteiger partial charge in [-0.15, -0.1) is 0 Å². The number of hydrogen-bond acceptors (Lipinski definition) is 2. The van der Waals surface area contributed by atoms with E-state index >= 15 is 8.78 Å². The van der Waals surface area contributed by atoms with Gasteiger partial charge in [-0.1, -0.05) is 113 Å². The van der Waals surface area contributed by atoms with Crippen LogP contribution in [-0.4, -0.2) is 19.5 Å². The Morgan fingerprint density at radius 1 is 0.651 bits per heavy atom. The third kappa shape index (κ3) is 8.79. The average Bonchev–Trinajstić information content (AvgIpc) is 3.03. The summed E-state index contributed by atoms with van der Waals surface area (Å²) in [6.45, 7) is 4.79. The van der Waals surface area contributed by atoms with Gasteiger partial charge in [0, 0.05) is 17.0 Å². The van der Waals surface area contributed by atoms with Crippen molar-refractivity contribution in [2.75, 3.05) is 13.2 Å². The van der Waals surface area contributed by atoms with Gasteiger partial charge < -0.3 is 9.47 Å². The number of halogens is 4. The monoisotopic (exact) mass is 596 g/mol. The first-order chi connectivity index (χ1) is 20.9. The van der Waals surface area contributed by atoms with Crippen molar-refractivity contribution < 1.29 is 27.0 Å². The van der Waals surface area contributed by atoms with E-state index in [1.165, 1.54) is 32.1 Å². The fourth-order valence-corrected chi connectivity index (χ4v) is 5.62. The highest BCUT2D eigenvalue weighted by atomic mass is 19.2. The number of rotatable bonds is 15. The zero-order chi connectivity index (χ0) is 30.6. The Hall–Kier alpha value is -2.96. The molecular weight excluding hydrogens is 552 g/mol. The van der Waals surface area contributed by atoms with Gasteiger partial charge in [0.15, 0.2) is 29.6 Å². The quantitative estimate of drug-likeness (QED) is 0.0987. The summed E-state index contributed by atoms with van der Waals surface area (Å²) in [6.07, 6.45) is 14.9. The lowest BCUT2D eigenvalue weighted by atomic mass is 9.94. The zero-order valence-corrected chi connectivity index (χ0v) is 25.4. The van der Waals surface area contributed by atoms with E-state index in [9.17, 15) is 8.78 Å². The van der Waals surface area contributed by atoms with E-state index < -0.39 is 23.3 Å². The highest BCUT2D eigenvalue weighted by Gasteiger charge is 2.27. The first kappa shape index (κ1) is 32.9. The van der Waals surface area contributed by atoms with Gasteiger partial charge in [-0.05, 0) is 54.4 Å². The lowest BCUT2D eigenvalue weighted by Gasteiger charge is -2.30. The third-order valence-electron chi connectivity index (χ3n) is 8.21. The third-order valence-corrected chi connectivity index (χ3v) is 8.21. The number of unbranched alkanes of at least 4 members (excludes halogenated alkanes) is 6. The number of ether oxygens (including phenoxy) is 2. The lowest BCUT2D eigenvalue weighted by Crippen LogP contribution is -2.31. The van der Waals surface area contributed by atoms with Crippen molar-refractivity contribution >= 4 is 0 Å². The Bertz CT molecular complexity index is 1330. The van der Waals surface area contributed by atoms with Crippen molar-refractivity contribution in [1.29, 1.82) is 0 Å². The molecule has 3 aromatic carbocycles. The fourth-order valence-electron chi connectivity index (χ4n) is 5.62. The summed E-state index contributed by atoms with van der Waals surface area (Å²) >= 11 is 0. The molecule has 1 aliphatic heterocycles. The summed E-state index contributed by atoms with van der Waals surface area (Å²) < 4.78 is 71.8. The van der Waals surface area contributed by atoms with Crippen molar-refractivity contribution in [2.45, 2.75) is 96.7 Å². The molecule has 0 atom stereocenters. The molecule has 3 aromatic rings. The van der Waals surface area contributed by atoms with Gasteiger partial charge in [-0.2, -0.15) is 0 Å². The predicted molar refractivity (Wildman–Crippen MR) is 166 cm³/mol. The van der Waals surface area contributed by atoms with E-state index in [2.05, 4.69) is 6.92 Å². The smallest absolute Gasteiger partial charge is 0.166 e. The number of hydrogen-bond donors (Lipinski definition) is 0. The number of allylic oxidation sites excluding steroid dienone is 2. The molecule has 2 nitrogen and oxygen atoms in total. The molecular formula is C37H44F4O2. The molecule has 6 heteroatoms. The largest absolute Gasteiger partial charge is 0.352 e. The Kier molecular flexibility index (Phi) is 12.8. The van der Waals surface area contributed by atoms with Crippen LogP contribution in [0.25, 0.3) is 22.3 Å². The Balaban J connectivity index is 1.35. The van der Waals surface area contributed by atoms with Crippen LogP contribution in [0.5, 0.6) is 0 Å². The van der Waals surface area contributed by atoms with Crippen molar-refractivity contribution in [1.82, 2.24) is 0 Å². The summed E-state index contributed by atoms with van der Waals surface area (Å²) in [5.41, 5.74) is 1.69. The van der Waals surface area contributed by atoms with E-state index in [1.807, 2.05) is 19.1 Å². The maximum Gasteiger partial charge on any atom is 0.166 e. The van der Waals surface area contributed by atoms with Gasteiger partial charge >= 0.3 is 0 Å². The molecule has 0 aromatic heterocycles. The van der Waals surface area contributed by atoms with Crippen molar-refractivity contribution in [3.8, 4) is 22.3 Å². The maximum atomic E-state index is 15.3. The first-order valence-electron chi connectivity index (χ1n) is 15.9. The second-order valence-corrected chi connectivity index (χ2v) is 11.4. The van der Waals surface area contributed by atoms with E-state index in [0.29, 0.717) is 29.5 Å². The molecule has 43 heavy (non-hydrogen) atoms. The fraction of sp³-hybridized carbons (Fsp3) is 0.459. The van der Waals surface area contributed by atoms with Crippen LogP contribution in [0, 0.1) is 23.3 Å². The van der Waals surface area contributed by atoms with E-state index in [4.69, 9.17) is 9.47 Å². The van der Waals surface area contributed by atoms with Gasteiger partial charge in [0.2, 0.25) is 0 Å². The molecule has 0 N–H and O–H groups in total. The average molecular weight is 597 g/mol. The van der Waals surface area contributed by atoms with Crippen LogP contribution in [0.15, 0.2) is 60.7 Å². The molecule has 0 amide bonds. The zero-order valence-electron chi connectivity index (χ0n) is 25.4. The van der Waals surface area contributed by atoms with Crippen LogP contribution >= 0.6 is 0 Å². The normalized spacial score (nSPS) is 17.2. The van der Waals surface area contributed by atoms with Crippen LogP contribution in [0.4, 0.5) is 17.6 Å². The van der Waals surface area contributed by atoms with E-state index in [-0.39, 0.29) is 42.1 Å². The van der Waals surface area contributed by atoms with Crippen molar-refractivity contribution in [3.63, 3.8) is 0 Å². The predicted octanol–water partition coefficient (Wildman–Crippen LogP) is 11.1. The van der Waals surface area contributed by atoms with Gasteiger partial charge in [-0.25, -0.2) is 17.6 Å². The minimum Gasteiger partial charge on any atom is -0.352 e. The Morgan fingerprint density at radius 3 is 1.86 bits per heavy atom. The van der Waals surface area contributed by atoms with Crippen LogP contribution in [0.1, 0.15) is 95.1 Å². The molecule has 0 saturated carbocycles.